The van der Waals surface area contributed by atoms with Crippen LogP contribution in [0.25, 0.3) is 6.08 Å². The Labute approximate surface area is 170 Å². The van der Waals surface area contributed by atoms with Crippen molar-refractivity contribution < 1.29 is 31.8 Å². The molecule has 158 valence electrons. The number of methoxy groups -OCH3 is 1. The Morgan fingerprint density at radius 3 is 2.57 bits per heavy atom. The third kappa shape index (κ3) is 3.67. The van der Waals surface area contributed by atoms with Gasteiger partial charge in [-0.05, 0) is 29.8 Å². The lowest BCUT2D eigenvalue weighted by atomic mass is 10.0. The predicted molar refractivity (Wildman–Crippen MR) is 103 cm³/mol. The number of hydrogen-bond acceptors (Lipinski definition) is 4. The van der Waals surface area contributed by atoms with Gasteiger partial charge in [0.1, 0.15) is 11.6 Å². The van der Waals surface area contributed by atoms with E-state index in [0.29, 0.717) is 43.7 Å². The Balaban J connectivity index is 1.70. The molecule has 0 radical (unpaired) electrons. The molecular formula is C22H19F4NO3. The van der Waals surface area contributed by atoms with E-state index in [1.165, 1.54) is 19.3 Å². The molecule has 8 heteroatoms. The molecule has 0 unspecified atom stereocenters. The summed E-state index contributed by atoms with van der Waals surface area (Å²) in [6, 6.07) is 6.55. The average molecular weight is 421 g/mol. The van der Waals surface area contributed by atoms with E-state index in [1.807, 2.05) is 6.07 Å². The molecule has 2 aromatic rings. The Bertz CT molecular complexity index is 1020. The largest absolute Gasteiger partial charge is 0.495 e. The lowest BCUT2D eigenvalue weighted by molar-refractivity contribution is -0.140. The molecule has 1 heterocycles. The highest BCUT2D eigenvalue weighted by molar-refractivity contribution is 6.16. The van der Waals surface area contributed by atoms with E-state index in [1.54, 1.807) is 6.07 Å². The van der Waals surface area contributed by atoms with Gasteiger partial charge in [0.05, 0.1) is 31.6 Å². The highest BCUT2D eigenvalue weighted by atomic mass is 19.4. The van der Waals surface area contributed by atoms with Crippen molar-refractivity contribution in [2.75, 3.05) is 38.3 Å². The Morgan fingerprint density at radius 1 is 1.17 bits per heavy atom. The van der Waals surface area contributed by atoms with Crippen LogP contribution in [0.15, 0.2) is 35.9 Å². The van der Waals surface area contributed by atoms with E-state index in [4.69, 9.17) is 9.47 Å². The third-order valence-corrected chi connectivity index (χ3v) is 5.34. The molecule has 2 aromatic carbocycles. The number of hydrogen-bond donors (Lipinski definition) is 0. The fraction of sp³-hybridized carbons (Fsp3) is 0.318. The third-order valence-electron chi connectivity index (χ3n) is 5.34. The summed E-state index contributed by atoms with van der Waals surface area (Å²) in [5.41, 5.74) is 0.615. The summed E-state index contributed by atoms with van der Waals surface area (Å²) in [5, 5.41) is 0. The number of fused-ring (bicyclic) bond motifs is 1. The molecule has 30 heavy (non-hydrogen) atoms. The van der Waals surface area contributed by atoms with Crippen molar-refractivity contribution in [2.24, 2.45) is 0 Å². The molecule has 4 nitrogen and oxygen atoms in total. The molecule has 0 atom stereocenters. The van der Waals surface area contributed by atoms with Crippen LogP contribution in [-0.4, -0.2) is 39.2 Å². The first-order valence-electron chi connectivity index (χ1n) is 9.44. The molecule has 1 aliphatic carbocycles. The first kappa shape index (κ1) is 20.4. The number of alkyl halides is 3. The van der Waals surface area contributed by atoms with E-state index < -0.39 is 17.6 Å². The van der Waals surface area contributed by atoms with Crippen LogP contribution in [-0.2, 0) is 17.3 Å². The van der Waals surface area contributed by atoms with E-state index in [0.717, 1.165) is 17.3 Å². The highest BCUT2D eigenvalue weighted by Gasteiger charge is 2.35. The quantitative estimate of drug-likeness (QED) is 0.540. The van der Waals surface area contributed by atoms with Gasteiger partial charge in [0.15, 0.2) is 5.78 Å². The van der Waals surface area contributed by atoms with E-state index >= 15 is 0 Å². The molecule has 1 aliphatic heterocycles. The fourth-order valence-corrected chi connectivity index (χ4v) is 3.83. The number of halogens is 4. The van der Waals surface area contributed by atoms with Crippen LogP contribution in [0.4, 0.5) is 23.2 Å². The number of carbonyl (C=O) groups excluding carboxylic acids is 1. The average Bonchev–Trinajstić information content (AvgIpc) is 3.03. The molecule has 0 spiro atoms. The Morgan fingerprint density at radius 2 is 1.90 bits per heavy atom. The Kier molecular flexibility index (Phi) is 5.27. The summed E-state index contributed by atoms with van der Waals surface area (Å²) < 4.78 is 64.2. The van der Waals surface area contributed by atoms with Crippen molar-refractivity contribution in [2.45, 2.75) is 12.6 Å². The van der Waals surface area contributed by atoms with Crippen molar-refractivity contribution in [1.29, 1.82) is 0 Å². The van der Waals surface area contributed by atoms with E-state index in [-0.39, 0.29) is 23.3 Å². The van der Waals surface area contributed by atoms with Crippen LogP contribution >= 0.6 is 0 Å². The smallest absolute Gasteiger partial charge is 0.419 e. The number of ketones is 1. The molecule has 0 N–H and O–H groups in total. The number of benzene rings is 2. The number of nitrogens with zero attached hydrogens (tertiary/aromatic N) is 1. The molecule has 0 aromatic heterocycles. The van der Waals surface area contributed by atoms with Gasteiger partial charge in [-0.1, -0.05) is 12.1 Å². The zero-order valence-electron chi connectivity index (χ0n) is 16.2. The first-order chi connectivity index (χ1) is 14.3. The van der Waals surface area contributed by atoms with Gasteiger partial charge in [-0.3, -0.25) is 4.79 Å². The minimum Gasteiger partial charge on any atom is -0.495 e. The molecule has 4 rings (SSSR count). The number of ether oxygens (including phenoxy) is 2. The van der Waals surface area contributed by atoms with Crippen molar-refractivity contribution in [3.63, 3.8) is 0 Å². The van der Waals surface area contributed by atoms with E-state index in [9.17, 15) is 22.4 Å². The van der Waals surface area contributed by atoms with Gasteiger partial charge >= 0.3 is 6.18 Å². The number of allylic oxidation sites excluding steroid dienone is 1. The summed E-state index contributed by atoms with van der Waals surface area (Å²) in [6.45, 7) is 2.53. The van der Waals surface area contributed by atoms with Crippen molar-refractivity contribution >= 4 is 17.5 Å². The summed E-state index contributed by atoms with van der Waals surface area (Å²) in [4.78, 5) is 14.9. The minimum atomic E-state index is -4.80. The zero-order valence-corrected chi connectivity index (χ0v) is 16.2. The molecule has 1 fully saturated rings. The van der Waals surface area contributed by atoms with Gasteiger partial charge in [0.2, 0.25) is 0 Å². The summed E-state index contributed by atoms with van der Waals surface area (Å²) in [7, 11) is 1.51. The maximum atomic E-state index is 14.4. The van der Waals surface area contributed by atoms with Gasteiger partial charge in [-0.15, -0.1) is 0 Å². The second-order valence-corrected chi connectivity index (χ2v) is 7.16. The summed E-state index contributed by atoms with van der Waals surface area (Å²) >= 11 is 0. The number of Topliss-reactive ketones (excluding diaryl/α,β-unsaturated/α-hetero) is 1. The lowest BCUT2D eigenvalue weighted by Crippen LogP contribution is -2.36. The second kappa shape index (κ2) is 7.75. The maximum absolute atomic E-state index is 14.4. The SMILES string of the molecule is COc1cc2c(cc1N1CCOCC1)CC(=Cc1cccc(C(F)(F)F)c1F)C2=O. The minimum absolute atomic E-state index is 0.213. The molecule has 1 saturated heterocycles. The van der Waals surface area contributed by atoms with Crippen molar-refractivity contribution in [3.05, 3.63) is 64.0 Å². The van der Waals surface area contributed by atoms with Crippen molar-refractivity contribution in [1.82, 2.24) is 0 Å². The topological polar surface area (TPSA) is 38.8 Å². The van der Waals surface area contributed by atoms with Gasteiger partial charge in [0.25, 0.3) is 0 Å². The predicted octanol–water partition coefficient (Wildman–Crippen LogP) is 4.51. The zero-order chi connectivity index (χ0) is 21.5. The van der Waals surface area contributed by atoms with Crippen LogP contribution < -0.4 is 9.64 Å². The molecule has 0 amide bonds. The summed E-state index contributed by atoms with van der Waals surface area (Å²) in [6.07, 6.45) is -3.39. The van der Waals surface area contributed by atoms with Crippen LogP contribution in [0, 0.1) is 5.82 Å². The standard InChI is InChI=1S/C22H19F4NO3/c1-29-19-12-16-14(11-18(19)27-5-7-30-8-6-27)10-15(21(16)28)9-13-3-2-4-17(20(13)23)22(24,25)26/h2-4,9,11-12H,5-8,10H2,1H3. The lowest BCUT2D eigenvalue weighted by Gasteiger charge is -2.30. The first-order valence-corrected chi connectivity index (χ1v) is 9.44. The van der Waals surface area contributed by atoms with Crippen LogP contribution in [0.5, 0.6) is 5.75 Å². The molecule has 0 saturated carbocycles. The highest BCUT2D eigenvalue weighted by Crippen LogP contribution is 2.39. The number of carbonyl (C=O) groups is 1. The van der Waals surface area contributed by atoms with Crippen LogP contribution in [0.1, 0.15) is 27.0 Å². The fourth-order valence-electron chi connectivity index (χ4n) is 3.83. The number of morpholine rings is 1. The maximum Gasteiger partial charge on any atom is 0.419 e. The van der Waals surface area contributed by atoms with Gasteiger partial charge in [0, 0.05) is 36.2 Å². The van der Waals surface area contributed by atoms with Gasteiger partial charge in [-0.2, -0.15) is 13.2 Å². The van der Waals surface area contributed by atoms with Crippen LogP contribution in [0.3, 0.4) is 0 Å². The number of anilines is 1. The van der Waals surface area contributed by atoms with Gasteiger partial charge < -0.3 is 14.4 Å². The normalized spacial score (nSPS) is 18.1. The second-order valence-electron chi connectivity index (χ2n) is 7.16. The van der Waals surface area contributed by atoms with E-state index in [2.05, 4.69) is 4.90 Å². The molecular weight excluding hydrogens is 402 g/mol. The van der Waals surface area contributed by atoms with Crippen LogP contribution in [0.2, 0.25) is 0 Å². The van der Waals surface area contributed by atoms with Crippen molar-refractivity contribution in [3.8, 4) is 5.75 Å². The Hall–Kier alpha value is -2.87. The molecule has 2 aliphatic rings. The number of rotatable bonds is 3. The summed E-state index contributed by atoms with van der Waals surface area (Å²) in [5.74, 6) is -1.18. The monoisotopic (exact) mass is 421 g/mol. The van der Waals surface area contributed by atoms with Gasteiger partial charge in [-0.25, -0.2) is 4.39 Å². The molecule has 0 bridgehead atoms.